The van der Waals surface area contributed by atoms with Crippen molar-refractivity contribution in [3.8, 4) is 5.75 Å². The van der Waals surface area contributed by atoms with Gasteiger partial charge in [-0.05, 0) is 24.3 Å². The summed E-state index contributed by atoms with van der Waals surface area (Å²) in [4.78, 5) is 23.6. The number of hydrogen-bond donors (Lipinski definition) is 1. The highest BCUT2D eigenvalue weighted by Crippen LogP contribution is 2.20. The van der Waals surface area contributed by atoms with Gasteiger partial charge >= 0.3 is 0 Å². The van der Waals surface area contributed by atoms with Gasteiger partial charge in [-0.25, -0.2) is 0 Å². The normalized spacial score (nSPS) is 10.5. The lowest BCUT2D eigenvalue weighted by Crippen LogP contribution is -2.20. The Kier molecular flexibility index (Phi) is 4.30. The summed E-state index contributed by atoms with van der Waals surface area (Å²) in [6, 6.07) is 13.8. The van der Waals surface area contributed by atoms with Gasteiger partial charge in [0, 0.05) is 11.8 Å². The fraction of sp³-hybridized carbons (Fsp3) is 0.0588. The van der Waals surface area contributed by atoms with Gasteiger partial charge in [-0.2, -0.15) is 0 Å². The molecule has 0 saturated heterocycles. The van der Waals surface area contributed by atoms with Crippen LogP contribution in [0.1, 0.15) is 0 Å². The van der Waals surface area contributed by atoms with Crippen molar-refractivity contribution in [2.45, 2.75) is 0 Å². The molecule has 5 nitrogen and oxygen atoms in total. The quantitative estimate of drug-likeness (QED) is 0.796. The molecule has 0 unspecified atom stereocenters. The van der Waals surface area contributed by atoms with Crippen LogP contribution in [-0.2, 0) is 4.79 Å². The van der Waals surface area contributed by atoms with Crippen LogP contribution in [0.15, 0.2) is 64.0 Å². The Morgan fingerprint density at radius 1 is 1.17 bits per heavy atom. The molecule has 0 saturated carbocycles. The summed E-state index contributed by atoms with van der Waals surface area (Å²) in [6.45, 7) is -0.155. The number of nitrogens with one attached hydrogen (secondary N) is 1. The second-order valence-electron chi connectivity index (χ2n) is 4.77. The topological polar surface area (TPSA) is 68.5 Å². The number of benzene rings is 2. The first-order chi connectivity index (χ1) is 11.1. The van der Waals surface area contributed by atoms with Crippen molar-refractivity contribution < 1.29 is 13.9 Å². The van der Waals surface area contributed by atoms with E-state index in [1.165, 1.54) is 6.26 Å². The van der Waals surface area contributed by atoms with Gasteiger partial charge in [-0.3, -0.25) is 9.59 Å². The van der Waals surface area contributed by atoms with Gasteiger partial charge in [0.1, 0.15) is 22.6 Å². The summed E-state index contributed by atoms with van der Waals surface area (Å²) < 4.78 is 10.7. The molecule has 6 heteroatoms. The number of carbonyl (C=O) groups excluding carboxylic acids is 1. The van der Waals surface area contributed by atoms with Gasteiger partial charge in [0.25, 0.3) is 5.91 Å². The van der Waals surface area contributed by atoms with Crippen LogP contribution >= 0.6 is 11.6 Å². The van der Waals surface area contributed by atoms with E-state index < -0.39 is 0 Å². The molecule has 0 aliphatic rings. The van der Waals surface area contributed by atoms with Crippen LogP contribution < -0.4 is 15.5 Å². The number of para-hydroxylation sites is 1. The first-order valence-corrected chi connectivity index (χ1v) is 7.20. The number of amides is 1. The summed E-state index contributed by atoms with van der Waals surface area (Å²) in [6.07, 6.45) is 1.18. The number of rotatable bonds is 4. The second kappa shape index (κ2) is 6.54. The molecular weight excluding hydrogens is 318 g/mol. The molecular formula is C17H12ClNO4. The molecule has 0 spiro atoms. The maximum atomic E-state index is 11.8. The minimum Gasteiger partial charge on any atom is -0.484 e. The van der Waals surface area contributed by atoms with Gasteiger partial charge in [0.2, 0.25) is 5.43 Å². The molecule has 0 aliphatic carbocycles. The molecule has 0 bridgehead atoms. The predicted octanol–water partition coefficient (Wildman–Crippen LogP) is 3.46. The highest BCUT2D eigenvalue weighted by atomic mass is 35.5. The van der Waals surface area contributed by atoms with Crippen LogP contribution in [-0.4, -0.2) is 12.5 Å². The first kappa shape index (κ1) is 15.1. The van der Waals surface area contributed by atoms with E-state index in [0.29, 0.717) is 22.4 Å². The fourth-order valence-electron chi connectivity index (χ4n) is 2.04. The maximum absolute atomic E-state index is 11.8. The van der Waals surface area contributed by atoms with Crippen molar-refractivity contribution in [1.29, 1.82) is 0 Å². The molecule has 0 aliphatic heterocycles. The molecule has 2 aromatic carbocycles. The smallest absolute Gasteiger partial charge is 0.262 e. The molecule has 1 heterocycles. The molecule has 1 N–H and O–H groups in total. The Bertz CT molecular complexity index is 905. The zero-order valence-corrected chi connectivity index (χ0v) is 12.7. The average Bonchev–Trinajstić information content (AvgIpc) is 2.57. The van der Waals surface area contributed by atoms with E-state index in [1.807, 2.05) is 18.2 Å². The molecule has 23 heavy (non-hydrogen) atoms. The average molecular weight is 330 g/mol. The summed E-state index contributed by atoms with van der Waals surface area (Å²) in [5.41, 5.74) is 0.738. The molecule has 0 radical (unpaired) electrons. The highest BCUT2D eigenvalue weighted by molar-refractivity contribution is 6.30. The van der Waals surface area contributed by atoms with E-state index in [1.54, 1.807) is 30.3 Å². The van der Waals surface area contributed by atoms with Crippen LogP contribution in [0.2, 0.25) is 5.02 Å². The summed E-state index contributed by atoms with van der Waals surface area (Å²) >= 11 is 5.72. The Morgan fingerprint density at radius 2 is 1.96 bits per heavy atom. The van der Waals surface area contributed by atoms with Crippen molar-refractivity contribution in [3.63, 3.8) is 0 Å². The summed E-state index contributed by atoms with van der Waals surface area (Å²) in [5, 5.41) is 3.09. The van der Waals surface area contributed by atoms with E-state index in [9.17, 15) is 9.59 Å². The monoisotopic (exact) mass is 329 g/mol. The lowest BCUT2D eigenvalue weighted by Gasteiger charge is -2.08. The van der Waals surface area contributed by atoms with E-state index >= 15 is 0 Å². The number of halogens is 1. The minimum absolute atomic E-state index is 0.0217. The van der Waals surface area contributed by atoms with Crippen molar-refractivity contribution in [2.24, 2.45) is 0 Å². The van der Waals surface area contributed by atoms with Crippen LogP contribution in [0.5, 0.6) is 5.75 Å². The third-order valence-electron chi connectivity index (χ3n) is 3.13. The molecule has 3 rings (SSSR count). The third kappa shape index (κ3) is 3.52. The third-order valence-corrected chi connectivity index (χ3v) is 3.39. The van der Waals surface area contributed by atoms with Crippen LogP contribution in [0, 0.1) is 0 Å². The van der Waals surface area contributed by atoms with Crippen molar-refractivity contribution in [2.75, 3.05) is 11.9 Å². The van der Waals surface area contributed by atoms with E-state index in [2.05, 4.69) is 5.32 Å². The molecule has 3 aromatic rings. The Balaban J connectivity index is 1.69. The lowest BCUT2D eigenvalue weighted by molar-refractivity contribution is -0.118. The van der Waals surface area contributed by atoms with Crippen LogP contribution in [0.4, 0.5) is 5.69 Å². The second-order valence-corrected chi connectivity index (χ2v) is 5.18. The Morgan fingerprint density at radius 3 is 2.74 bits per heavy atom. The van der Waals surface area contributed by atoms with Crippen molar-refractivity contribution in [1.82, 2.24) is 0 Å². The first-order valence-electron chi connectivity index (χ1n) is 6.82. The summed E-state index contributed by atoms with van der Waals surface area (Å²) in [5.74, 6) is 0.139. The number of carbonyl (C=O) groups is 1. The highest BCUT2D eigenvalue weighted by Gasteiger charge is 2.08. The SMILES string of the molecule is O=C(COc1ccc2c(=O)c(Cl)coc2c1)Nc1ccccc1. The van der Waals surface area contributed by atoms with Crippen molar-refractivity contribution >= 4 is 34.2 Å². The zero-order valence-electron chi connectivity index (χ0n) is 11.9. The lowest BCUT2D eigenvalue weighted by atomic mass is 10.2. The van der Waals surface area contributed by atoms with E-state index in [0.717, 1.165) is 0 Å². The predicted molar refractivity (Wildman–Crippen MR) is 88.1 cm³/mol. The van der Waals surface area contributed by atoms with E-state index in [4.69, 9.17) is 20.8 Å². The Labute approximate surface area is 136 Å². The molecule has 1 aromatic heterocycles. The van der Waals surface area contributed by atoms with Crippen molar-refractivity contribution in [3.05, 3.63) is 70.0 Å². The molecule has 0 atom stereocenters. The standard InChI is InChI=1S/C17H12ClNO4/c18-14-9-23-15-8-12(6-7-13(15)17(14)21)22-10-16(20)19-11-4-2-1-3-5-11/h1-9H,10H2,(H,19,20). The maximum Gasteiger partial charge on any atom is 0.262 e. The number of anilines is 1. The van der Waals surface area contributed by atoms with Gasteiger partial charge in [0.15, 0.2) is 6.61 Å². The van der Waals surface area contributed by atoms with E-state index in [-0.39, 0.29) is 23.0 Å². The van der Waals surface area contributed by atoms with Crippen LogP contribution in [0.3, 0.4) is 0 Å². The van der Waals surface area contributed by atoms with Gasteiger partial charge in [-0.1, -0.05) is 29.8 Å². The molecule has 116 valence electrons. The van der Waals surface area contributed by atoms with Gasteiger partial charge < -0.3 is 14.5 Å². The van der Waals surface area contributed by atoms with Crippen LogP contribution in [0.25, 0.3) is 11.0 Å². The minimum atomic E-state index is -0.304. The van der Waals surface area contributed by atoms with Gasteiger partial charge in [0.05, 0.1) is 5.39 Å². The molecule has 1 amide bonds. The number of ether oxygens (including phenoxy) is 1. The molecule has 0 fully saturated rings. The van der Waals surface area contributed by atoms with Gasteiger partial charge in [-0.15, -0.1) is 0 Å². The number of hydrogen-bond acceptors (Lipinski definition) is 4. The fourth-order valence-corrected chi connectivity index (χ4v) is 2.19. The Hall–Kier alpha value is -2.79. The number of fused-ring (bicyclic) bond motifs is 1. The zero-order chi connectivity index (χ0) is 16.2. The largest absolute Gasteiger partial charge is 0.484 e. The summed E-state index contributed by atoms with van der Waals surface area (Å²) in [7, 11) is 0.